The Morgan fingerprint density at radius 1 is 1.06 bits per heavy atom. The molecule has 1 amide bonds. The Balaban J connectivity index is 1.47. The van der Waals surface area contributed by atoms with Gasteiger partial charge in [0.25, 0.3) is 5.91 Å². The first-order valence-corrected chi connectivity index (χ1v) is 11.2. The molecular formula is C27H27FN2O5. The van der Waals surface area contributed by atoms with Gasteiger partial charge >= 0.3 is 5.97 Å². The molecule has 8 heteroatoms. The molecular weight excluding hydrogens is 451 g/mol. The Labute approximate surface area is 203 Å². The number of phenols is 1. The fourth-order valence-electron chi connectivity index (χ4n) is 4.41. The Morgan fingerprint density at radius 2 is 1.80 bits per heavy atom. The molecule has 2 N–H and O–H groups in total. The molecule has 2 atom stereocenters. The van der Waals surface area contributed by atoms with Gasteiger partial charge in [0.15, 0.2) is 11.5 Å². The standard InChI is InChI=1S/C27H27FN2O5/c1-34-25-10-9-17(11-24(25)31)15-30-16-22(14-23(30)27(33)35-2)29-26(32)20-7-3-5-18(12-20)19-6-4-8-21(28)13-19/h3-13,22-23,31H,14-16H2,1-2H3,(H,29,32)/t22-,23+/m1/s1. The molecule has 0 unspecified atom stereocenters. The summed E-state index contributed by atoms with van der Waals surface area (Å²) >= 11 is 0. The van der Waals surface area contributed by atoms with E-state index in [1.165, 1.54) is 26.4 Å². The van der Waals surface area contributed by atoms with Gasteiger partial charge in [0.05, 0.1) is 14.2 Å². The third-order valence-corrected chi connectivity index (χ3v) is 6.12. The summed E-state index contributed by atoms with van der Waals surface area (Å²) in [7, 11) is 2.81. The smallest absolute Gasteiger partial charge is 0.323 e. The van der Waals surface area contributed by atoms with Gasteiger partial charge in [0, 0.05) is 24.7 Å². The summed E-state index contributed by atoms with van der Waals surface area (Å²) in [6.07, 6.45) is 0.393. The molecule has 3 aromatic carbocycles. The lowest BCUT2D eigenvalue weighted by Crippen LogP contribution is -2.37. The number of hydrogen-bond acceptors (Lipinski definition) is 6. The number of rotatable bonds is 7. The van der Waals surface area contributed by atoms with E-state index in [0.29, 0.717) is 36.4 Å². The van der Waals surface area contributed by atoms with E-state index in [2.05, 4.69) is 5.32 Å². The molecule has 0 aromatic heterocycles. The van der Waals surface area contributed by atoms with Crippen LogP contribution in [0, 0.1) is 5.82 Å². The lowest BCUT2D eigenvalue weighted by atomic mass is 10.0. The maximum absolute atomic E-state index is 13.6. The van der Waals surface area contributed by atoms with Crippen molar-refractivity contribution in [1.82, 2.24) is 10.2 Å². The van der Waals surface area contributed by atoms with Crippen LogP contribution in [0.4, 0.5) is 4.39 Å². The second-order valence-corrected chi connectivity index (χ2v) is 8.47. The van der Waals surface area contributed by atoms with Crippen LogP contribution in [0.3, 0.4) is 0 Å². The zero-order valence-corrected chi connectivity index (χ0v) is 19.5. The minimum absolute atomic E-state index is 0.0156. The molecule has 1 aliphatic rings. The number of nitrogens with zero attached hydrogens (tertiary/aromatic N) is 1. The van der Waals surface area contributed by atoms with Crippen molar-refractivity contribution < 1.29 is 28.6 Å². The molecule has 0 bridgehead atoms. The third kappa shape index (κ3) is 5.60. The van der Waals surface area contributed by atoms with Gasteiger partial charge in [-0.3, -0.25) is 14.5 Å². The minimum atomic E-state index is -0.534. The van der Waals surface area contributed by atoms with Crippen LogP contribution in [-0.2, 0) is 16.1 Å². The van der Waals surface area contributed by atoms with E-state index in [1.807, 2.05) is 17.0 Å². The molecule has 1 heterocycles. The van der Waals surface area contributed by atoms with Gasteiger partial charge in [0.1, 0.15) is 11.9 Å². The van der Waals surface area contributed by atoms with Crippen LogP contribution in [-0.4, -0.2) is 54.7 Å². The van der Waals surface area contributed by atoms with Gasteiger partial charge in [-0.1, -0.05) is 30.3 Å². The molecule has 4 rings (SSSR count). The van der Waals surface area contributed by atoms with Crippen molar-refractivity contribution in [2.75, 3.05) is 20.8 Å². The van der Waals surface area contributed by atoms with Crippen molar-refractivity contribution >= 4 is 11.9 Å². The average Bonchev–Trinajstić information content (AvgIpc) is 3.25. The molecule has 7 nitrogen and oxygen atoms in total. The summed E-state index contributed by atoms with van der Waals surface area (Å²) in [6, 6.07) is 17.5. The lowest BCUT2D eigenvalue weighted by molar-refractivity contribution is -0.146. The number of amides is 1. The maximum atomic E-state index is 13.6. The van der Waals surface area contributed by atoms with Crippen LogP contribution in [0.5, 0.6) is 11.5 Å². The van der Waals surface area contributed by atoms with Gasteiger partial charge in [-0.15, -0.1) is 0 Å². The summed E-state index contributed by atoms with van der Waals surface area (Å²) in [4.78, 5) is 27.4. The first-order valence-electron chi connectivity index (χ1n) is 11.2. The average molecular weight is 479 g/mol. The number of aromatic hydroxyl groups is 1. The van der Waals surface area contributed by atoms with Crippen LogP contribution in [0.25, 0.3) is 11.1 Å². The van der Waals surface area contributed by atoms with E-state index in [-0.39, 0.29) is 29.5 Å². The highest BCUT2D eigenvalue weighted by Gasteiger charge is 2.38. The number of carbonyl (C=O) groups is 2. The fourth-order valence-corrected chi connectivity index (χ4v) is 4.41. The molecule has 1 fully saturated rings. The number of likely N-dealkylation sites (tertiary alicyclic amines) is 1. The summed E-state index contributed by atoms with van der Waals surface area (Å²) in [5.41, 5.74) is 2.66. The van der Waals surface area contributed by atoms with Crippen molar-refractivity contribution in [3.63, 3.8) is 0 Å². The first kappa shape index (κ1) is 24.2. The summed E-state index contributed by atoms with van der Waals surface area (Å²) in [5, 5.41) is 13.1. The SMILES string of the molecule is COC(=O)[C@@H]1C[C@@H](NC(=O)c2cccc(-c3cccc(F)c3)c2)CN1Cc1ccc(OC)c(O)c1. The van der Waals surface area contributed by atoms with E-state index in [0.717, 1.165) is 11.1 Å². The monoisotopic (exact) mass is 478 g/mol. The highest BCUT2D eigenvalue weighted by molar-refractivity contribution is 5.95. The quantitative estimate of drug-likeness (QED) is 0.503. The molecule has 0 aliphatic carbocycles. The van der Waals surface area contributed by atoms with E-state index >= 15 is 0 Å². The number of halogens is 1. The largest absolute Gasteiger partial charge is 0.504 e. The minimum Gasteiger partial charge on any atom is -0.504 e. The predicted octanol–water partition coefficient (Wildman–Crippen LogP) is 3.75. The van der Waals surface area contributed by atoms with Gasteiger partial charge in [-0.2, -0.15) is 0 Å². The van der Waals surface area contributed by atoms with Gasteiger partial charge in [-0.25, -0.2) is 4.39 Å². The zero-order chi connectivity index (χ0) is 24.9. The predicted molar refractivity (Wildman–Crippen MR) is 129 cm³/mol. The molecule has 0 spiro atoms. The molecule has 35 heavy (non-hydrogen) atoms. The zero-order valence-electron chi connectivity index (χ0n) is 19.5. The molecule has 3 aromatic rings. The Morgan fingerprint density at radius 3 is 2.49 bits per heavy atom. The summed E-state index contributed by atoms with van der Waals surface area (Å²) in [6.45, 7) is 0.820. The summed E-state index contributed by atoms with van der Waals surface area (Å²) < 4.78 is 23.7. The van der Waals surface area contributed by atoms with Crippen LogP contribution in [0.1, 0.15) is 22.3 Å². The van der Waals surface area contributed by atoms with E-state index in [4.69, 9.17) is 9.47 Å². The number of nitrogens with one attached hydrogen (secondary N) is 1. The van der Waals surface area contributed by atoms with Crippen LogP contribution >= 0.6 is 0 Å². The third-order valence-electron chi connectivity index (χ3n) is 6.12. The van der Waals surface area contributed by atoms with Crippen molar-refractivity contribution in [3.8, 4) is 22.6 Å². The number of phenolic OH excluding ortho intramolecular Hbond substituents is 1. The van der Waals surface area contributed by atoms with Gasteiger partial charge < -0.3 is 19.9 Å². The second kappa shape index (κ2) is 10.6. The molecule has 0 saturated carbocycles. The maximum Gasteiger partial charge on any atom is 0.323 e. The summed E-state index contributed by atoms with van der Waals surface area (Å²) in [5.74, 6) is -0.622. The van der Waals surface area contributed by atoms with E-state index in [9.17, 15) is 19.1 Å². The number of methoxy groups -OCH3 is 2. The number of hydrogen-bond donors (Lipinski definition) is 2. The molecule has 1 aliphatic heterocycles. The first-order chi connectivity index (χ1) is 16.9. The number of benzene rings is 3. The lowest BCUT2D eigenvalue weighted by Gasteiger charge is -2.22. The fraction of sp³-hybridized carbons (Fsp3) is 0.259. The van der Waals surface area contributed by atoms with Crippen molar-refractivity contribution in [2.45, 2.75) is 25.0 Å². The Bertz CT molecular complexity index is 1230. The van der Waals surface area contributed by atoms with Crippen LogP contribution in [0.2, 0.25) is 0 Å². The van der Waals surface area contributed by atoms with Crippen LogP contribution in [0.15, 0.2) is 66.7 Å². The van der Waals surface area contributed by atoms with Gasteiger partial charge in [-0.05, 0) is 59.5 Å². The number of carbonyl (C=O) groups excluding carboxylic acids is 2. The van der Waals surface area contributed by atoms with Crippen molar-refractivity contribution in [2.24, 2.45) is 0 Å². The van der Waals surface area contributed by atoms with Gasteiger partial charge in [0.2, 0.25) is 0 Å². The molecule has 1 saturated heterocycles. The number of ether oxygens (including phenoxy) is 2. The Hall–Kier alpha value is -3.91. The molecule has 182 valence electrons. The number of esters is 1. The highest BCUT2D eigenvalue weighted by atomic mass is 19.1. The molecule has 0 radical (unpaired) electrons. The highest BCUT2D eigenvalue weighted by Crippen LogP contribution is 2.29. The second-order valence-electron chi connectivity index (χ2n) is 8.47. The van der Waals surface area contributed by atoms with E-state index in [1.54, 1.807) is 42.5 Å². The topological polar surface area (TPSA) is 88.1 Å². The normalized spacial score (nSPS) is 17.7. The Kier molecular flexibility index (Phi) is 7.31. The van der Waals surface area contributed by atoms with Crippen LogP contribution < -0.4 is 10.1 Å². The van der Waals surface area contributed by atoms with Crippen molar-refractivity contribution in [1.29, 1.82) is 0 Å². The van der Waals surface area contributed by atoms with Crippen molar-refractivity contribution in [3.05, 3.63) is 83.7 Å². The van der Waals surface area contributed by atoms with E-state index < -0.39 is 6.04 Å².